The van der Waals surface area contributed by atoms with Crippen molar-refractivity contribution >= 4 is 48.9 Å². The van der Waals surface area contributed by atoms with Crippen LogP contribution in [0.3, 0.4) is 0 Å². The summed E-state index contributed by atoms with van der Waals surface area (Å²) in [5.74, 6) is 3.82. The molecule has 0 saturated heterocycles. The number of H-pyrrole nitrogens is 1. The topological polar surface area (TPSA) is 155 Å². The first-order valence-corrected chi connectivity index (χ1v) is 20.9. The van der Waals surface area contributed by atoms with Gasteiger partial charge in [-0.2, -0.15) is 13.5 Å². The molecule has 0 amide bonds. The third-order valence-corrected chi connectivity index (χ3v) is 11.1. The number of nitrogens with one attached hydrogen (secondary N) is 4. The number of fused-ring (bicyclic) bond motifs is 1. The molecule has 0 bridgehead atoms. The molecule has 3 aliphatic rings. The van der Waals surface area contributed by atoms with E-state index in [0.29, 0.717) is 25.0 Å². The molecule has 0 spiro atoms. The van der Waals surface area contributed by atoms with Gasteiger partial charge in [0.1, 0.15) is 24.3 Å². The monoisotopic (exact) mass is 835 g/mol. The molecule has 1 aliphatic carbocycles. The van der Waals surface area contributed by atoms with Gasteiger partial charge in [0, 0.05) is 57.6 Å². The van der Waals surface area contributed by atoms with Crippen LogP contribution in [0.5, 0.6) is 11.6 Å². The zero-order valence-electron chi connectivity index (χ0n) is 34.6. The minimum Gasteiger partial charge on any atom is -0.484 e. The van der Waals surface area contributed by atoms with E-state index in [1.807, 2.05) is 41.5 Å². The van der Waals surface area contributed by atoms with Crippen LogP contribution in [-0.2, 0) is 19.6 Å². The van der Waals surface area contributed by atoms with E-state index in [0.717, 1.165) is 72.5 Å². The van der Waals surface area contributed by atoms with Crippen molar-refractivity contribution < 1.29 is 9.47 Å². The Morgan fingerprint density at radius 1 is 1.10 bits per heavy atom. The van der Waals surface area contributed by atoms with E-state index in [9.17, 15) is 0 Å². The second-order valence-electron chi connectivity index (χ2n) is 14.8. The summed E-state index contributed by atoms with van der Waals surface area (Å²) in [7, 11) is 3.81. The number of guanidine groups is 2. The number of hydrogen-bond donors (Lipinski definition) is 5. The van der Waals surface area contributed by atoms with Crippen molar-refractivity contribution in [3.63, 3.8) is 0 Å². The molecule has 312 valence electrons. The highest BCUT2D eigenvalue weighted by atomic mass is 32.2. The van der Waals surface area contributed by atoms with Crippen molar-refractivity contribution in [2.24, 2.45) is 21.1 Å². The van der Waals surface area contributed by atoms with Crippen LogP contribution in [0.15, 0.2) is 101 Å². The summed E-state index contributed by atoms with van der Waals surface area (Å²) in [6, 6.07) is 25.5. The molecule has 3 aromatic heterocycles. The fourth-order valence-electron chi connectivity index (χ4n) is 6.98. The number of pyridine rings is 2. The number of nitrogens with zero attached hydrogens (tertiary/aromatic N) is 6. The average molecular weight is 836 g/mol. The summed E-state index contributed by atoms with van der Waals surface area (Å²) < 4.78 is 17.8. The Labute approximate surface area is 359 Å². The Kier molecular flexibility index (Phi) is 14.6. The second-order valence-corrected chi connectivity index (χ2v) is 15.6. The van der Waals surface area contributed by atoms with Gasteiger partial charge in [-0.05, 0) is 85.7 Å². The van der Waals surface area contributed by atoms with E-state index in [2.05, 4.69) is 116 Å². The van der Waals surface area contributed by atoms with Gasteiger partial charge < -0.3 is 30.7 Å². The maximum Gasteiger partial charge on any atom is 0.221 e. The lowest BCUT2D eigenvalue weighted by molar-refractivity contribution is 0.0943. The van der Waals surface area contributed by atoms with Crippen LogP contribution in [0, 0.1) is 5.41 Å². The molecule has 0 saturated carbocycles. The largest absolute Gasteiger partial charge is 0.484 e. The van der Waals surface area contributed by atoms with Gasteiger partial charge in [-0.1, -0.05) is 61.9 Å². The molecule has 6 N–H and O–H groups in total. The van der Waals surface area contributed by atoms with Crippen molar-refractivity contribution in [3.8, 4) is 23.0 Å². The summed E-state index contributed by atoms with van der Waals surface area (Å²) in [4.78, 5) is 19.8. The van der Waals surface area contributed by atoms with E-state index in [4.69, 9.17) is 20.2 Å². The van der Waals surface area contributed by atoms with Gasteiger partial charge >= 0.3 is 0 Å². The molecular formula is C44H57N11O2S2. The highest BCUT2D eigenvalue weighted by Gasteiger charge is 2.54. The fraction of sp³-hybridized carbons (Fsp3) is 0.364. The van der Waals surface area contributed by atoms with Crippen LogP contribution < -0.4 is 35.5 Å². The average Bonchev–Trinajstić information content (AvgIpc) is 3.90. The van der Waals surface area contributed by atoms with Gasteiger partial charge in [0.25, 0.3) is 0 Å². The quantitative estimate of drug-likeness (QED) is 0.0410. The summed E-state index contributed by atoms with van der Waals surface area (Å²) in [6.45, 7) is 10.4. The molecule has 0 radical (unpaired) electrons. The third-order valence-electron chi connectivity index (χ3n) is 10.4. The first kappa shape index (κ1) is 43.0. The minimum absolute atomic E-state index is 0. The van der Waals surface area contributed by atoms with Gasteiger partial charge in [-0.3, -0.25) is 19.8 Å². The highest BCUT2D eigenvalue weighted by Crippen LogP contribution is 2.64. The van der Waals surface area contributed by atoms with Gasteiger partial charge in [0.15, 0.2) is 5.96 Å². The van der Waals surface area contributed by atoms with Gasteiger partial charge in [0.05, 0.1) is 35.1 Å². The molecule has 5 heterocycles. The van der Waals surface area contributed by atoms with Crippen LogP contribution in [0.2, 0.25) is 0 Å². The zero-order valence-corrected chi connectivity index (χ0v) is 36.4. The van der Waals surface area contributed by atoms with Gasteiger partial charge in [-0.15, -0.1) is 0 Å². The summed E-state index contributed by atoms with van der Waals surface area (Å²) in [5.41, 5.74) is 14.1. The maximum atomic E-state index is 6.45. The number of ether oxygens (including phenoxy) is 2. The summed E-state index contributed by atoms with van der Waals surface area (Å²) in [6.07, 6.45) is 10.7. The molecule has 5 aromatic rings. The number of aromatic nitrogens is 4. The molecule has 2 aromatic carbocycles. The Morgan fingerprint density at radius 3 is 2.59 bits per heavy atom. The highest BCUT2D eigenvalue weighted by molar-refractivity contribution is 7.96. The van der Waals surface area contributed by atoms with Crippen molar-refractivity contribution in [1.29, 1.82) is 0 Å². The second kappa shape index (κ2) is 19.9. The lowest BCUT2D eigenvalue weighted by Crippen LogP contribution is -2.35. The standard InChI is InChI=1S/C40H46N8O2S.C4H9N3.H2S/c1-6-8-11-27-15-17-28(18-16-27)26-49-38-30(12-10-21-43-38)32-23-40(32,3)37-31-20-19-29(22-35(31)50-37)24-47(5)36-14-9-13-33(44-36)34-25-48(45-34)51-46-39(41-4)42-7-2;5-4-6-2-1-3-7-4;/h9-10,12-23,25,37,45H,6-8,11,24,26H2,1-5H3,(H2,41,42,46);1-3H2,(H3,5,6,7);1H2. The van der Waals surface area contributed by atoms with Crippen molar-refractivity contribution in [3.05, 3.63) is 119 Å². The van der Waals surface area contributed by atoms with Crippen LogP contribution in [0.25, 0.3) is 17.0 Å². The molecule has 2 aliphatic heterocycles. The Bertz CT molecular complexity index is 2240. The van der Waals surface area contributed by atoms with Crippen LogP contribution >= 0.6 is 25.6 Å². The number of aromatic amines is 1. The van der Waals surface area contributed by atoms with Gasteiger partial charge in [-0.25, -0.2) is 14.1 Å². The number of hydrogen-bond acceptors (Lipinski definition) is 10. The Balaban J connectivity index is 0.000000664. The number of nitrogens with two attached hydrogens (primary N) is 1. The van der Waals surface area contributed by atoms with E-state index >= 15 is 0 Å². The van der Waals surface area contributed by atoms with Crippen molar-refractivity contribution in [2.75, 3.05) is 38.6 Å². The number of rotatable bonds is 15. The fourth-order valence-corrected chi connectivity index (χ4v) is 7.63. The van der Waals surface area contributed by atoms with Crippen molar-refractivity contribution in [2.45, 2.75) is 65.7 Å². The van der Waals surface area contributed by atoms with Gasteiger partial charge in [0.2, 0.25) is 11.8 Å². The number of aryl methyl sites for hydroxylation is 1. The Morgan fingerprint density at radius 2 is 1.90 bits per heavy atom. The maximum absolute atomic E-state index is 6.45. The lowest BCUT2D eigenvalue weighted by atomic mass is 9.84. The molecule has 59 heavy (non-hydrogen) atoms. The first-order chi connectivity index (χ1) is 28.3. The predicted octanol–water partition coefficient (Wildman–Crippen LogP) is 7.37. The summed E-state index contributed by atoms with van der Waals surface area (Å²) >= 11 is 1.40. The number of unbranched alkanes of at least 4 members (excludes halogenated alkanes) is 1. The summed E-state index contributed by atoms with van der Waals surface area (Å²) in [5, 5.41) is 9.39. The van der Waals surface area contributed by atoms with E-state index in [-0.39, 0.29) is 25.0 Å². The van der Waals surface area contributed by atoms with E-state index < -0.39 is 0 Å². The zero-order chi connectivity index (χ0) is 40.5. The molecule has 2 atom stereocenters. The number of benzene rings is 2. The number of aliphatic imine (C=N–C) groups is 2. The first-order valence-electron chi connectivity index (χ1n) is 20.1. The lowest BCUT2D eigenvalue weighted by Gasteiger charge is -2.37. The minimum atomic E-state index is -0.204. The van der Waals surface area contributed by atoms with Crippen LogP contribution in [0.4, 0.5) is 5.82 Å². The van der Waals surface area contributed by atoms with Crippen molar-refractivity contribution in [1.82, 2.24) is 34.5 Å². The molecular weight excluding hydrogens is 779 g/mol. The molecule has 15 heteroatoms. The van der Waals surface area contributed by atoms with Crippen LogP contribution in [-0.4, -0.2) is 64.8 Å². The molecule has 13 nitrogen and oxygen atoms in total. The molecule has 0 fully saturated rings. The molecule has 2 unspecified atom stereocenters. The SMILES string of the molecule is CCCCc1ccc(COc2ncccc2C2=CC2(C)C2Oc3cc(CN(C)c4cccc(-c5cn(SNC(=NC)NCC)[nH]5)n4)ccc32)cc1.NC1=NCCCN1.S. The van der Waals surface area contributed by atoms with Crippen LogP contribution in [0.1, 0.15) is 74.0 Å². The third kappa shape index (κ3) is 10.6. The van der Waals surface area contributed by atoms with E-state index in [1.165, 1.54) is 47.2 Å². The molecule has 8 rings (SSSR count). The Hall–Kier alpha value is -5.54. The number of anilines is 1. The normalized spacial score (nSPS) is 17.6. The van der Waals surface area contributed by atoms with E-state index in [1.54, 1.807) is 13.2 Å². The predicted molar refractivity (Wildman–Crippen MR) is 246 cm³/mol. The smallest absolute Gasteiger partial charge is 0.221 e.